The second-order valence-corrected chi connectivity index (χ2v) is 11.6. The SMILES string of the molecule is COC(=O)CCc1ccc(-c2cccc(CN(C)C(=O)CCc3cccc(-c4ccccc4)c3)c2)c(OCc2cccc(OC)c2)c1. The van der Waals surface area contributed by atoms with E-state index >= 15 is 0 Å². The molecule has 0 aliphatic heterocycles. The van der Waals surface area contributed by atoms with Crippen molar-refractivity contribution in [3.8, 4) is 33.8 Å². The lowest BCUT2D eigenvalue weighted by atomic mass is 9.99. The summed E-state index contributed by atoms with van der Waals surface area (Å²) >= 11 is 0. The Hall–Kier alpha value is -5.36. The number of esters is 1. The standard InChI is InChI=1S/C41H41NO5/c1-42(40(43)22-19-30-10-7-15-35(24-30)34-13-5-4-6-14-34)28-32-11-8-16-36(25-32)38-21-18-31(20-23-41(44)46-3)27-39(38)47-29-33-12-9-17-37(26-33)45-2/h4-18,21,24-27H,19-20,22-23,28-29H2,1-3H3. The predicted octanol–water partition coefficient (Wildman–Crippen LogP) is 8.31. The molecule has 6 heteroatoms. The van der Waals surface area contributed by atoms with Crippen LogP contribution in [0.15, 0.2) is 121 Å². The normalized spacial score (nSPS) is 10.7. The van der Waals surface area contributed by atoms with Gasteiger partial charge in [0.05, 0.1) is 14.2 Å². The van der Waals surface area contributed by atoms with Gasteiger partial charge in [0.15, 0.2) is 0 Å². The maximum atomic E-state index is 13.2. The number of hydrogen-bond acceptors (Lipinski definition) is 5. The monoisotopic (exact) mass is 627 g/mol. The molecule has 0 bridgehead atoms. The number of nitrogens with zero attached hydrogens (tertiary/aromatic N) is 1. The average Bonchev–Trinajstić information content (AvgIpc) is 3.12. The molecule has 0 aliphatic rings. The zero-order valence-electron chi connectivity index (χ0n) is 27.3. The van der Waals surface area contributed by atoms with E-state index in [1.54, 1.807) is 12.0 Å². The molecule has 0 heterocycles. The number of benzene rings is 5. The molecule has 5 aromatic carbocycles. The average molecular weight is 628 g/mol. The predicted molar refractivity (Wildman–Crippen MR) is 186 cm³/mol. The van der Waals surface area contributed by atoms with E-state index < -0.39 is 0 Å². The summed E-state index contributed by atoms with van der Waals surface area (Å²) in [7, 11) is 4.90. The Balaban J connectivity index is 1.28. The first kappa shape index (κ1) is 33.0. The molecule has 1 amide bonds. The molecule has 0 saturated carbocycles. The summed E-state index contributed by atoms with van der Waals surface area (Å²) in [5.74, 6) is 1.33. The van der Waals surface area contributed by atoms with Gasteiger partial charge in [0.2, 0.25) is 5.91 Å². The van der Waals surface area contributed by atoms with Gasteiger partial charge in [-0.15, -0.1) is 0 Å². The Morgan fingerprint density at radius 1 is 0.617 bits per heavy atom. The maximum absolute atomic E-state index is 13.2. The van der Waals surface area contributed by atoms with Crippen molar-refractivity contribution in [2.75, 3.05) is 21.3 Å². The molecule has 6 nitrogen and oxygen atoms in total. The molecule has 5 aromatic rings. The fourth-order valence-electron chi connectivity index (χ4n) is 5.53. The third-order valence-electron chi connectivity index (χ3n) is 8.17. The first-order chi connectivity index (χ1) is 22.9. The van der Waals surface area contributed by atoms with Gasteiger partial charge < -0.3 is 19.1 Å². The molecule has 0 unspecified atom stereocenters. The lowest BCUT2D eigenvalue weighted by Crippen LogP contribution is -2.26. The highest BCUT2D eigenvalue weighted by molar-refractivity contribution is 5.77. The Labute approximate surface area is 277 Å². The summed E-state index contributed by atoms with van der Waals surface area (Å²) in [5.41, 5.74) is 8.38. The fraction of sp³-hybridized carbons (Fsp3) is 0.220. The highest BCUT2D eigenvalue weighted by Gasteiger charge is 2.14. The van der Waals surface area contributed by atoms with Gasteiger partial charge in [0.25, 0.3) is 0 Å². The molecule has 240 valence electrons. The molecular weight excluding hydrogens is 586 g/mol. The number of rotatable bonds is 14. The van der Waals surface area contributed by atoms with Crippen molar-refractivity contribution >= 4 is 11.9 Å². The summed E-state index contributed by atoms with van der Waals surface area (Å²) in [5, 5.41) is 0. The first-order valence-electron chi connectivity index (χ1n) is 15.8. The van der Waals surface area contributed by atoms with E-state index in [2.05, 4.69) is 42.5 Å². The molecule has 0 aliphatic carbocycles. The Kier molecular flexibility index (Phi) is 11.4. The van der Waals surface area contributed by atoms with E-state index in [1.807, 2.05) is 85.9 Å². The number of ether oxygens (including phenoxy) is 3. The van der Waals surface area contributed by atoms with Gasteiger partial charge in [-0.25, -0.2) is 0 Å². The van der Waals surface area contributed by atoms with E-state index in [0.717, 1.165) is 50.4 Å². The zero-order valence-corrected chi connectivity index (χ0v) is 27.3. The maximum Gasteiger partial charge on any atom is 0.305 e. The molecule has 0 aromatic heterocycles. The second kappa shape index (κ2) is 16.3. The number of amides is 1. The Morgan fingerprint density at radius 2 is 1.28 bits per heavy atom. The van der Waals surface area contributed by atoms with Crippen molar-refractivity contribution in [2.45, 2.75) is 38.8 Å². The van der Waals surface area contributed by atoms with E-state index in [0.29, 0.717) is 38.8 Å². The van der Waals surface area contributed by atoms with Crippen LogP contribution < -0.4 is 9.47 Å². The van der Waals surface area contributed by atoms with Crippen LogP contribution in [-0.2, 0) is 40.3 Å². The highest BCUT2D eigenvalue weighted by Crippen LogP contribution is 2.33. The van der Waals surface area contributed by atoms with Crippen LogP contribution >= 0.6 is 0 Å². The fourth-order valence-corrected chi connectivity index (χ4v) is 5.53. The molecular formula is C41H41NO5. The molecule has 0 saturated heterocycles. The molecule has 47 heavy (non-hydrogen) atoms. The smallest absolute Gasteiger partial charge is 0.305 e. The summed E-state index contributed by atoms with van der Waals surface area (Å²) < 4.78 is 16.6. The largest absolute Gasteiger partial charge is 0.497 e. The van der Waals surface area contributed by atoms with Crippen LogP contribution in [-0.4, -0.2) is 38.0 Å². The number of methoxy groups -OCH3 is 2. The number of carbonyl (C=O) groups excluding carboxylic acids is 2. The summed E-state index contributed by atoms with van der Waals surface area (Å²) in [4.78, 5) is 26.8. The van der Waals surface area contributed by atoms with Crippen LogP contribution in [0.4, 0.5) is 0 Å². The van der Waals surface area contributed by atoms with Crippen molar-refractivity contribution in [1.29, 1.82) is 0 Å². The molecule has 5 rings (SSSR count). The van der Waals surface area contributed by atoms with Gasteiger partial charge >= 0.3 is 5.97 Å². The van der Waals surface area contributed by atoms with Crippen molar-refractivity contribution in [3.05, 3.63) is 144 Å². The van der Waals surface area contributed by atoms with Gasteiger partial charge in [-0.05, 0) is 76.1 Å². The lowest BCUT2D eigenvalue weighted by Gasteiger charge is -2.19. The molecule has 0 atom stereocenters. The van der Waals surface area contributed by atoms with Crippen molar-refractivity contribution < 1.29 is 23.8 Å². The van der Waals surface area contributed by atoms with E-state index in [-0.39, 0.29) is 11.9 Å². The second-order valence-electron chi connectivity index (χ2n) is 11.6. The molecule has 0 spiro atoms. The number of hydrogen-bond donors (Lipinski definition) is 0. The minimum Gasteiger partial charge on any atom is -0.497 e. The third-order valence-corrected chi connectivity index (χ3v) is 8.17. The summed E-state index contributed by atoms with van der Waals surface area (Å²) in [6.45, 7) is 0.851. The van der Waals surface area contributed by atoms with Crippen molar-refractivity contribution in [3.63, 3.8) is 0 Å². The van der Waals surface area contributed by atoms with Crippen LogP contribution in [0.1, 0.15) is 35.1 Å². The summed E-state index contributed by atoms with van der Waals surface area (Å²) in [6.07, 6.45) is 1.95. The molecule has 0 fully saturated rings. The van der Waals surface area contributed by atoms with Crippen LogP contribution in [0, 0.1) is 0 Å². The zero-order chi connectivity index (χ0) is 33.0. The van der Waals surface area contributed by atoms with E-state index in [9.17, 15) is 9.59 Å². The Morgan fingerprint density at radius 3 is 2.06 bits per heavy atom. The van der Waals surface area contributed by atoms with Crippen LogP contribution in [0.25, 0.3) is 22.3 Å². The first-order valence-corrected chi connectivity index (χ1v) is 15.8. The van der Waals surface area contributed by atoms with Gasteiger partial charge in [0.1, 0.15) is 18.1 Å². The third kappa shape index (κ3) is 9.33. The number of carbonyl (C=O) groups is 2. The van der Waals surface area contributed by atoms with Crippen LogP contribution in [0.5, 0.6) is 11.5 Å². The topological polar surface area (TPSA) is 65.1 Å². The molecule has 0 radical (unpaired) electrons. The van der Waals surface area contributed by atoms with Gasteiger partial charge in [-0.2, -0.15) is 0 Å². The lowest BCUT2D eigenvalue weighted by molar-refractivity contribution is -0.140. The minimum absolute atomic E-state index is 0.0952. The van der Waals surface area contributed by atoms with Gasteiger partial charge in [-0.3, -0.25) is 9.59 Å². The van der Waals surface area contributed by atoms with Gasteiger partial charge in [0, 0.05) is 32.0 Å². The van der Waals surface area contributed by atoms with Gasteiger partial charge in [-0.1, -0.05) is 97.1 Å². The van der Waals surface area contributed by atoms with Crippen molar-refractivity contribution in [2.24, 2.45) is 0 Å². The summed E-state index contributed by atoms with van der Waals surface area (Å²) in [6, 6.07) is 40.7. The minimum atomic E-state index is -0.250. The molecule has 0 N–H and O–H groups in total. The van der Waals surface area contributed by atoms with E-state index in [1.165, 1.54) is 12.7 Å². The Bertz CT molecular complexity index is 1800. The van der Waals surface area contributed by atoms with Crippen LogP contribution in [0.2, 0.25) is 0 Å². The highest BCUT2D eigenvalue weighted by atomic mass is 16.5. The quantitative estimate of drug-likeness (QED) is 0.116. The number of aryl methyl sites for hydroxylation is 2. The van der Waals surface area contributed by atoms with Crippen molar-refractivity contribution in [1.82, 2.24) is 4.90 Å². The van der Waals surface area contributed by atoms with E-state index in [4.69, 9.17) is 14.2 Å². The van der Waals surface area contributed by atoms with Crippen LogP contribution in [0.3, 0.4) is 0 Å².